The van der Waals surface area contributed by atoms with E-state index in [1.54, 1.807) is 22.8 Å². The molecule has 1 amide bonds. The van der Waals surface area contributed by atoms with E-state index in [-0.39, 0.29) is 11.5 Å². The van der Waals surface area contributed by atoms with E-state index in [0.717, 1.165) is 42.0 Å². The van der Waals surface area contributed by atoms with E-state index in [4.69, 9.17) is 0 Å². The minimum absolute atomic E-state index is 0.0142. The average Bonchev–Trinajstić information content (AvgIpc) is 3.06. The summed E-state index contributed by atoms with van der Waals surface area (Å²) in [6.45, 7) is 6.74. The number of carbonyl (C=O) groups is 1. The summed E-state index contributed by atoms with van der Waals surface area (Å²) in [5.41, 5.74) is 5.15. The number of aryl methyl sites for hydroxylation is 4. The molecule has 132 valence electrons. The van der Waals surface area contributed by atoms with Crippen molar-refractivity contribution in [2.24, 2.45) is 0 Å². The van der Waals surface area contributed by atoms with Crippen molar-refractivity contribution >= 4 is 22.5 Å². The second kappa shape index (κ2) is 6.09. The Balaban J connectivity index is 1.72. The van der Waals surface area contributed by atoms with Crippen LogP contribution in [-0.2, 0) is 13.0 Å². The van der Waals surface area contributed by atoms with Crippen molar-refractivity contribution in [3.05, 3.63) is 68.8 Å². The predicted octanol–water partition coefficient (Wildman–Crippen LogP) is 3.52. The van der Waals surface area contributed by atoms with Gasteiger partial charge in [-0.15, -0.1) is 0 Å². The Morgan fingerprint density at radius 2 is 1.85 bits per heavy atom. The normalized spacial score (nSPS) is 13.0. The van der Waals surface area contributed by atoms with Crippen molar-refractivity contribution in [1.29, 1.82) is 0 Å². The second-order valence-electron chi connectivity index (χ2n) is 7.05. The maximum atomic E-state index is 12.7. The Labute approximate surface area is 151 Å². The minimum atomic E-state index is -0.190. The number of carbonyl (C=O) groups excluding carboxylic acids is 1. The van der Waals surface area contributed by atoms with Crippen LogP contribution < -0.4 is 10.9 Å². The number of rotatable bonds is 2. The first-order valence-electron chi connectivity index (χ1n) is 8.87. The molecule has 1 aromatic heterocycles. The smallest absolute Gasteiger partial charge is 0.261 e. The lowest BCUT2D eigenvalue weighted by molar-refractivity contribution is 0.102. The van der Waals surface area contributed by atoms with Gasteiger partial charge in [0.2, 0.25) is 0 Å². The second-order valence-corrected chi connectivity index (χ2v) is 7.05. The zero-order valence-corrected chi connectivity index (χ0v) is 15.2. The molecule has 0 spiro atoms. The highest BCUT2D eigenvalue weighted by Gasteiger charge is 2.17. The summed E-state index contributed by atoms with van der Waals surface area (Å²) in [6, 6.07) is 9.22. The molecule has 5 heteroatoms. The number of hydrogen-bond acceptors (Lipinski definition) is 3. The third-order valence-electron chi connectivity index (χ3n) is 4.99. The first-order chi connectivity index (χ1) is 12.4. The predicted molar refractivity (Wildman–Crippen MR) is 103 cm³/mol. The Morgan fingerprint density at radius 3 is 2.58 bits per heavy atom. The number of anilines is 1. The Bertz CT molecular complexity index is 1090. The van der Waals surface area contributed by atoms with Gasteiger partial charge in [0.25, 0.3) is 11.5 Å². The van der Waals surface area contributed by atoms with Crippen LogP contribution in [0.1, 0.15) is 39.3 Å². The zero-order chi connectivity index (χ0) is 18.4. The van der Waals surface area contributed by atoms with Gasteiger partial charge in [-0.25, -0.2) is 4.98 Å². The van der Waals surface area contributed by atoms with Gasteiger partial charge in [0, 0.05) is 24.2 Å². The van der Waals surface area contributed by atoms with Crippen LogP contribution in [0.4, 0.5) is 5.69 Å². The minimum Gasteiger partial charge on any atom is -0.322 e. The molecule has 0 radical (unpaired) electrons. The van der Waals surface area contributed by atoms with E-state index in [1.165, 1.54) is 5.56 Å². The molecule has 0 aliphatic carbocycles. The van der Waals surface area contributed by atoms with Crippen LogP contribution in [0.15, 0.2) is 35.1 Å². The van der Waals surface area contributed by atoms with Gasteiger partial charge in [-0.05, 0) is 56.5 Å². The monoisotopic (exact) mass is 347 g/mol. The van der Waals surface area contributed by atoms with E-state index in [9.17, 15) is 9.59 Å². The molecule has 1 N–H and O–H groups in total. The van der Waals surface area contributed by atoms with Crippen molar-refractivity contribution in [2.75, 3.05) is 5.32 Å². The number of hydrogen-bond donors (Lipinski definition) is 1. The highest BCUT2D eigenvalue weighted by atomic mass is 16.1. The fourth-order valence-corrected chi connectivity index (χ4v) is 3.79. The van der Waals surface area contributed by atoms with Crippen LogP contribution in [0, 0.1) is 20.8 Å². The van der Waals surface area contributed by atoms with Gasteiger partial charge in [-0.1, -0.05) is 17.7 Å². The lowest BCUT2D eigenvalue weighted by atomic mass is 10.0. The fourth-order valence-electron chi connectivity index (χ4n) is 3.79. The van der Waals surface area contributed by atoms with Crippen LogP contribution in [0.2, 0.25) is 0 Å². The molecule has 1 aliphatic rings. The average molecular weight is 347 g/mol. The Morgan fingerprint density at radius 1 is 1.12 bits per heavy atom. The van der Waals surface area contributed by atoms with Gasteiger partial charge in [0.15, 0.2) is 0 Å². The van der Waals surface area contributed by atoms with Crippen LogP contribution in [0.3, 0.4) is 0 Å². The van der Waals surface area contributed by atoms with Gasteiger partial charge in [0.05, 0.1) is 10.9 Å². The number of fused-ring (bicyclic) bond motifs is 2. The molecule has 26 heavy (non-hydrogen) atoms. The van der Waals surface area contributed by atoms with Gasteiger partial charge in [-0.2, -0.15) is 0 Å². The van der Waals surface area contributed by atoms with Crippen molar-refractivity contribution in [3.63, 3.8) is 0 Å². The van der Waals surface area contributed by atoms with Crippen molar-refractivity contribution < 1.29 is 4.79 Å². The van der Waals surface area contributed by atoms with E-state index >= 15 is 0 Å². The lowest BCUT2D eigenvalue weighted by Crippen LogP contribution is -2.21. The zero-order valence-electron chi connectivity index (χ0n) is 15.2. The van der Waals surface area contributed by atoms with E-state index in [1.807, 2.05) is 20.8 Å². The highest BCUT2D eigenvalue weighted by molar-refractivity contribution is 6.06. The summed E-state index contributed by atoms with van der Waals surface area (Å²) in [5.74, 6) is 0.620. The molecular weight excluding hydrogens is 326 g/mol. The van der Waals surface area contributed by atoms with Crippen LogP contribution >= 0.6 is 0 Å². The molecule has 1 aliphatic heterocycles. The van der Waals surface area contributed by atoms with E-state index in [2.05, 4.69) is 22.4 Å². The molecule has 0 saturated carbocycles. The number of amides is 1. The number of benzene rings is 2. The van der Waals surface area contributed by atoms with Crippen molar-refractivity contribution in [2.45, 2.75) is 40.2 Å². The first-order valence-corrected chi connectivity index (χ1v) is 8.87. The Hall–Kier alpha value is -2.95. The maximum absolute atomic E-state index is 12.7. The SMILES string of the molecule is Cc1cc(C)c(NC(=O)c2ccc3c(=O)n4c(nc3c2)CCC4)c(C)c1. The summed E-state index contributed by atoms with van der Waals surface area (Å²) in [4.78, 5) is 29.9. The molecule has 0 unspecified atom stereocenters. The van der Waals surface area contributed by atoms with E-state index in [0.29, 0.717) is 16.5 Å². The summed E-state index contributed by atoms with van der Waals surface area (Å²) in [7, 11) is 0. The first kappa shape index (κ1) is 16.5. The molecule has 3 aromatic rings. The van der Waals surface area contributed by atoms with E-state index < -0.39 is 0 Å². The highest BCUT2D eigenvalue weighted by Crippen LogP contribution is 2.23. The van der Waals surface area contributed by atoms with Crippen molar-refractivity contribution in [1.82, 2.24) is 9.55 Å². The topological polar surface area (TPSA) is 64.0 Å². The summed E-state index contributed by atoms with van der Waals surface area (Å²) in [6.07, 6.45) is 1.75. The van der Waals surface area contributed by atoms with Crippen molar-refractivity contribution in [3.8, 4) is 0 Å². The number of aromatic nitrogens is 2. The van der Waals surface area contributed by atoms with Gasteiger partial charge in [-0.3, -0.25) is 14.2 Å². The van der Waals surface area contributed by atoms with Crippen LogP contribution in [0.5, 0.6) is 0 Å². The number of nitrogens with zero attached hydrogens (tertiary/aromatic N) is 2. The fraction of sp³-hybridized carbons (Fsp3) is 0.286. The standard InChI is InChI=1S/C21H21N3O2/c1-12-9-13(2)19(14(3)10-12)23-20(25)15-6-7-16-17(11-15)22-18-5-4-8-24(18)21(16)26/h6-7,9-11H,4-5,8H2,1-3H3,(H,23,25). The third kappa shape index (κ3) is 2.69. The lowest BCUT2D eigenvalue weighted by Gasteiger charge is -2.13. The van der Waals surface area contributed by atoms with Crippen LogP contribution in [-0.4, -0.2) is 15.5 Å². The van der Waals surface area contributed by atoms with Gasteiger partial charge < -0.3 is 5.32 Å². The van der Waals surface area contributed by atoms with Gasteiger partial charge >= 0.3 is 0 Å². The molecule has 0 atom stereocenters. The third-order valence-corrected chi connectivity index (χ3v) is 4.99. The molecule has 5 nitrogen and oxygen atoms in total. The molecule has 4 rings (SSSR count). The summed E-state index contributed by atoms with van der Waals surface area (Å²) < 4.78 is 1.74. The Kier molecular flexibility index (Phi) is 3.87. The van der Waals surface area contributed by atoms with Crippen LogP contribution in [0.25, 0.3) is 10.9 Å². The molecule has 0 fully saturated rings. The molecule has 0 saturated heterocycles. The summed E-state index contributed by atoms with van der Waals surface area (Å²) >= 11 is 0. The maximum Gasteiger partial charge on any atom is 0.261 e. The largest absolute Gasteiger partial charge is 0.322 e. The molecule has 0 bridgehead atoms. The summed E-state index contributed by atoms with van der Waals surface area (Å²) in [5, 5.41) is 3.57. The van der Waals surface area contributed by atoms with Gasteiger partial charge in [0.1, 0.15) is 5.82 Å². The molecule has 2 heterocycles. The molecular formula is C21H21N3O2. The molecule has 2 aromatic carbocycles. The quantitative estimate of drug-likeness (QED) is 0.771. The number of nitrogens with one attached hydrogen (secondary N) is 1.